The van der Waals surface area contributed by atoms with E-state index in [1.54, 1.807) is 39.5 Å². The van der Waals surface area contributed by atoms with E-state index in [2.05, 4.69) is 16.0 Å². The van der Waals surface area contributed by atoms with Crippen molar-refractivity contribution in [1.29, 1.82) is 0 Å². The van der Waals surface area contributed by atoms with Gasteiger partial charge in [0.1, 0.15) is 5.82 Å². The van der Waals surface area contributed by atoms with Gasteiger partial charge in [0.2, 0.25) is 0 Å². The largest absolute Gasteiger partial charge is 0.493 e. The summed E-state index contributed by atoms with van der Waals surface area (Å²) in [6.07, 6.45) is 1.39. The summed E-state index contributed by atoms with van der Waals surface area (Å²) in [5.41, 5.74) is 2.51. The van der Waals surface area contributed by atoms with Gasteiger partial charge in [-0.05, 0) is 48.9 Å². The summed E-state index contributed by atoms with van der Waals surface area (Å²) in [6.45, 7) is 1.74. The molecule has 4 aromatic rings. The molecule has 0 atom stereocenters. The Hall–Kier alpha value is -4.20. The van der Waals surface area contributed by atoms with E-state index in [0.717, 1.165) is 41.3 Å². The maximum Gasteiger partial charge on any atom is 0.251 e. The first-order valence-electron chi connectivity index (χ1n) is 11.8. The van der Waals surface area contributed by atoms with E-state index < -0.39 is 0 Å². The fourth-order valence-corrected chi connectivity index (χ4v) is 4.08. The Balaban J connectivity index is 1.38. The van der Waals surface area contributed by atoms with E-state index in [9.17, 15) is 4.79 Å². The van der Waals surface area contributed by atoms with Crippen molar-refractivity contribution in [1.82, 2.24) is 14.9 Å². The van der Waals surface area contributed by atoms with Crippen molar-refractivity contribution in [2.24, 2.45) is 0 Å². The molecule has 0 spiro atoms. The molecule has 0 fully saturated rings. The zero-order valence-electron chi connectivity index (χ0n) is 20.8. The predicted octanol–water partition coefficient (Wildman–Crippen LogP) is 4.50. The molecule has 4 rings (SSSR count). The zero-order valence-corrected chi connectivity index (χ0v) is 20.8. The van der Waals surface area contributed by atoms with Crippen molar-refractivity contribution >= 4 is 16.9 Å². The van der Waals surface area contributed by atoms with Crippen LogP contribution in [-0.4, -0.2) is 49.9 Å². The summed E-state index contributed by atoms with van der Waals surface area (Å²) in [5.74, 6) is 3.29. The standard InChI is InChI=1S/C28H31N3O5/c1-33-23-11-6-7-12-25(23)36-18-8-17-31-22-10-5-4-9-21(22)30-27(31)15-16-29-28(32)20-13-14-24(34-2)26(19-20)35-3/h4-7,9-14,19H,8,15-18H2,1-3H3,(H,29,32). The van der Waals surface area contributed by atoms with Gasteiger partial charge in [-0.25, -0.2) is 4.98 Å². The number of nitrogens with one attached hydrogen (secondary N) is 1. The number of fused-ring (bicyclic) bond motifs is 1. The third kappa shape index (κ3) is 5.71. The lowest BCUT2D eigenvalue weighted by atomic mass is 10.2. The average molecular weight is 490 g/mol. The van der Waals surface area contributed by atoms with E-state index in [0.29, 0.717) is 36.6 Å². The summed E-state index contributed by atoms with van der Waals surface area (Å²) in [6, 6.07) is 20.8. The molecule has 0 aliphatic carbocycles. The second kappa shape index (κ2) is 12.0. The molecule has 0 aliphatic rings. The Kier molecular flexibility index (Phi) is 8.28. The number of benzene rings is 3. The molecular weight excluding hydrogens is 458 g/mol. The van der Waals surface area contributed by atoms with Gasteiger partial charge in [-0.15, -0.1) is 0 Å². The van der Waals surface area contributed by atoms with Crippen LogP contribution >= 0.6 is 0 Å². The molecule has 0 aliphatic heterocycles. The lowest BCUT2D eigenvalue weighted by molar-refractivity contribution is 0.0953. The smallest absolute Gasteiger partial charge is 0.251 e. The lowest BCUT2D eigenvalue weighted by Crippen LogP contribution is -2.26. The maximum atomic E-state index is 12.7. The van der Waals surface area contributed by atoms with Crippen LogP contribution in [0.5, 0.6) is 23.0 Å². The van der Waals surface area contributed by atoms with Crippen molar-refractivity contribution in [2.45, 2.75) is 19.4 Å². The highest BCUT2D eigenvalue weighted by Crippen LogP contribution is 2.28. The summed E-state index contributed by atoms with van der Waals surface area (Å²) < 4.78 is 24.0. The monoisotopic (exact) mass is 489 g/mol. The fourth-order valence-electron chi connectivity index (χ4n) is 4.08. The van der Waals surface area contributed by atoms with Crippen LogP contribution in [0, 0.1) is 0 Å². The number of amides is 1. The van der Waals surface area contributed by atoms with Crippen LogP contribution in [0.15, 0.2) is 66.7 Å². The molecule has 0 saturated heterocycles. The third-order valence-corrected chi connectivity index (χ3v) is 5.87. The first-order valence-corrected chi connectivity index (χ1v) is 11.8. The number of rotatable bonds is 12. The Morgan fingerprint density at radius 3 is 2.33 bits per heavy atom. The number of carbonyl (C=O) groups excluding carboxylic acids is 1. The Bertz CT molecular complexity index is 1320. The number of hydrogen-bond donors (Lipinski definition) is 1. The van der Waals surface area contributed by atoms with Crippen LogP contribution in [0.1, 0.15) is 22.6 Å². The normalized spacial score (nSPS) is 10.8. The molecule has 3 aromatic carbocycles. The molecule has 1 N–H and O–H groups in total. The highest BCUT2D eigenvalue weighted by Gasteiger charge is 2.13. The number of imidazole rings is 1. The SMILES string of the molecule is COc1ccc(C(=O)NCCc2nc3ccccc3n2CCCOc2ccccc2OC)cc1OC. The first-order chi connectivity index (χ1) is 17.6. The molecule has 8 nitrogen and oxygen atoms in total. The molecule has 188 valence electrons. The Morgan fingerprint density at radius 1 is 0.861 bits per heavy atom. The summed E-state index contributed by atoms with van der Waals surface area (Å²) in [5, 5.41) is 2.98. The number of carbonyl (C=O) groups is 1. The molecule has 0 unspecified atom stereocenters. The van der Waals surface area contributed by atoms with Gasteiger partial charge in [0.25, 0.3) is 5.91 Å². The molecule has 0 saturated carbocycles. The van der Waals surface area contributed by atoms with E-state index in [1.165, 1.54) is 0 Å². The molecule has 36 heavy (non-hydrogen) atoms. The van der Waals surface area contributed by atoms with Gasteiger partial charge in [-0.1, -0.05) is 24.3 Å². The van der Waals surface area contributed by atoms with Crippen LogP contribution in [0.4, 0.5) is 0 Å². The van der Waals surface area contributed by atoms with Gasteiger partial charge in [0, 0.05) is 25.1 Å². The minimum Gasteiger partial charge on any atom is -0.493 e. The molecule has 0 bridgehead atoms. The van der Waals surface area contributed by atoms with Crippen LogP contribution in [-0.2, 0) is 13.0 Å². The van der Waals surface area contributed by atoms with Crippen molar-refractivity contribution in [3.63, 3.8) is 0 Å². The quantitative estimate of drug-likeness (QED) is 0.295. The van der Waals surface area contributed by atoms with E-state index in [-0.39, 0.29) is 5.91 Å². The van der Waals surface area contributed by atoms with E-state index >= 15 is 0 Å². The first kappa shape index (κ1) is 24.9. The molecule has 8 heteroatoms. The predicted molar refractivity (Wildman–Crippen MR) is 138 cm³/mol. The molecule has 0 radical (unpaired) electrons. The molecular formula is C28H31N3O5. The van der Waals surface area contributed by atoms with Gasteiger partial charge >= 0.3 is 0 Å². The van der Waals surface area contributed by atoms with Gasteiger partial charge in [0.15, 0.2) is 23.0 Å². The minimum absolute atomic E-state index is 0.177. The van der Waals surface area contributed by atoms with Crippen LogP contribution in [0.3, 0.4) is 0 Å². The number of para-hydroxylation sites is 4. The highest BCUT2D eigenvalue weighted by atomic mass is 16.5. The van der Waals surface area contributed by atoms with Crippen molar-refractivity contribution < 1.29 is 23.7 Å². The number of methoxy groups -OCH3 is 3. The van der Waals surface area contributed by atoms with Gasteiger partial charge in [-0.3, -0.25) is 4.79 Å². The summed E-state index contributed by atoms with van der Waals surface area (Å²) in [7, 11) is 4.75. The number of aromatic nitrogens is 2. The van der Waals surface area contributed by atoms with E-state index in [1.807, 2.05) is 42.5 Å². The van der Waals surface area contributed by atoms with Crippen molar-refractivity contribution in [3.05, 3.63) is 78.1 Å². The van der Waals surface area contributed by atoms with Crippen molar-refractivity contribution in [3.8, 4) is 23.0 Å². The van der Waals surface area contributed by atoms with Crippen molar-refractivity contribution in [2.75, 3.05) is 34.5 Å². The average Bonchev–Trinajstić information content (AvgIpc) is 3.27. The Labute approximate surface area is 210 Å². The van der Waals surface area contributed by atoms with Crippen LogP contribution < -0.4 is 24.3 Å². The third-order valence-electron chi connectivity index (χ3n) is 5.87. The number of nitrogens with zero attached hydrogens (tertiary/aromatic N) is 2. The minimum atomic E-state index is -0.177. The van der Waals surface area contributed by atoms with E-state index in [4.69, 9.17) is 23.9 Å². The Morgan fingerprint density at radius 2 is 1.56 bits per heavy atom. The second-order valence-corrected chi connectivity index (χ2v) is 8.10. The van der Waals surface area contributed by atoms with Gasteiger partial charge < -0.3 is 28.8 Å². The molecule has 1 heterocycles. The lowest BCUT2D eigenvalue weighted by Gasteiger charge is -2.13. The van der Waals surface area contributed by atoms with Gasteiger partial charge in [-0.2, -0.15) is 0 Å². The van der Waals surface area contributed by atoms with Crippen LogP contribution in [0.25, 0.3) is 11.0 Å². The summed E-state index contributed by atoms with van der Waals surface area (Å²) >= 11 is 0. The van der Waals surface area contributed by atoms with Gasteiger partial charge in [0.05, 0.1) is 39.0 Å². The number of ether oxygens (including phenoxy) is 4. The highest BCUT2D eigenvalue weighted by molar-refractivity contribution is 5.94. The topological polar surface area (TPSA) is 83.8 Å². The summed E-state index contributed by atoms with van der Waals surface area (Å²) in [4.78, 5) is 17.5. The molecule has 1 amide bonds. The molecule has 1 aromatic heterocycles. The fraction of sp³-hybridized carbons (Fsp3) is 0.286. The number of hydrogen-bond acceptors (Lipinski definition) is 6. The maximum absolute atomic E-state index is 12.7. The number of aryl methyl sites for hydroxylation is 1. The second-order valence-electron chi connectivity index (χ2n) is 8.10. The van der Waals surface area contributed by atoms with Crippen LogP contribution in [0.2, 0.25) is 0 Å². The zero-order chi connectivity index (χ0) is 25.3.